The first kappa shape index (κ1) is 14.2. The van der Waals surface area contributed by atoms with Crippen LogP contribution >= 0.6 is 7.82 Å². The Morgan fingerprint density at radius 2 is 1.94 bits per heavy atom. The van der Waals surface area contributed by atoms with Gasteiger partial charge in [0.1, 0.15) is 0 Å². The van der Waals surface area contributed by atoms with Gasteiger partial charge in [-0.1, -0.05) is 39.0 Å². The van der Waals surface area contributed by atoms with Crippen LogP contribution in [0.3, 0.4) is 0 Å². The fourth-order valence-electron chi connectivity index (χ4n) is 1.97. The van der Waals surface area contributed by atoms with Crippen molar-refractivity contribution in [3.8, 4) is 0 Å². The van der Waals surface area contributed by atoms with E-state index in [-0.39, 0.29) is 6.10 Å². The first-order chi connectivity index (χ1) is 7.64. The Balaban J connectivity index is 2.51. The van der Waals surface area contributed by atoms with E-state index in [0.29, 0.717) is 6.61 Å². The first-order valence-electron chi connectivity index (χ1n) is 6.30. The lowest BCUT2D eigenvalue weighted by atomic mass is 10.1. The molecule has 0 aromatic carbocycles. The van der Waals surface area contributed by atoms with E-state index in [0.717, 1.165) is 38.5 Å². The molecule has 2 atom stereocenters. The van der Waals surface area contributed by atoms with Crippen LogP contribution in [0.4, 0.5) is 0 Å². The van der Waals surface area contributed by atoms with Crippen molar-refractivity contribution in [3.63, 3.8) is 0 Å². The van der Waals surface area contributed by atoms with Crippen molar-refractivity contribution in [1.82, 2.24) is 0 Å². The minimum Gasteiger partial charge on any atom is -0.302 e. The van der Waals surface area contributed by atoms with Crippen molar-refractivity contribution < 1.29 is 18.5 Å². The maximum Gasteiger partial charge on any atom is 0.472 e. The molecule has 0 amide bonds. The summed E-state index contributed by atoms with van der Waals surface area (Å²) in [4.78, 5) is 9.50. The van der Waals surface area contributed by atoms with Gasteiger partial charge >= 0.3 is 7.82 Å². The summed E-state index contributed by atoms with van der Waals surface area (Å²) in [5, 5.41) is 0. The zero-order valence-electron chi connectivity index (χ0n) is 10.1. The molecule has 0 aromatic rings. The standard InChI is InChI=1S/C11H23O4P/c1-2-8-11-9-6-4-3-5-7-10-14-16(12,13)15-11/h11H,2-10H2,1H3,(H,12,13). The maximum absolute atomic E-state index is 11.6. The lowest BCUT2D eigenvalue weighted by Gasteiger charge is -2.19. The van der Waals surface area contributed by atoms with E-state index in [1.165, 1.54) is 12.8 Å². The van der Waals surface area contributed by atoms with E-state index in [9.17, 15) is 9.46 Å². The molecule has 1 rings (SSSR count). The van der Waals surface area contributed by atoms with Crippen LogP contribution in [0.5, 0.6) is 0 Å². The van der Waals surface area contributed by atoms with Crippen LogP contribution < -0.4 is 0 Å². The molecule has 1 aliphatic rings. The van der Waals surface area contributed by atoms with Crippen molar-refractivity contribution in [2.75, 3.05) is 6.61 Å². The van der Waals surface area contributed by atoms with E-state index in [2.05, 4.69) is 6.92 Å². The molecule has 2 unspecified atom stereocenters. The van der Waals surface area contributed by atoms with Gasteiger partial charge in [-0.3, -0.25) is 9.05 Å². The van der Waals surface area contributed by atoms with Crippen LogP contribution in [0.25, 0.3) is 0 Å². The third kappa shape index (κ3) is 6.00. The van der Waals surface area contributed by atoms with Crippen LogP contribution in [-0.2, 0) is 13.6 Å². The van der Waals surface area contributed by atoms with Gasteiger partial charge < -0.3 is 4.89 Å². The summed E-state index contributed by atoms with van der Waals surface area (Å²) >= 11 is 0. The molecule has 4 nitrogen and oxygen atoms in total. The van der Waals surface area contributed by atoms with Crippen LogP contribution in [0.15, 0.2) is 0 Å². The predicted molar refractivity (Wildman–Crippen MR) is 63.3 cm³/mol. The normalized spacial score (nSPS) is 34.2. The number of rotatable bonds is 2. The lowest BCUT2D eigenvalue weighted by Crippen LogP contribution is -2.12. The highest BCUT2D eigenvalue weighted by atomic mass is 31.2. The largest absolute Gasteiger partial charge is 0.472 e. The van der Waals surface area contributed by atoms with Crippen LogP contribution in [0, 0.1) is 0 Å². The monoisotopic (exact) mass is 250 g/mol. The summed E-state index contributed by atoms with van der Waals surface area (Å²) in [6.07, 6.45) is 7.87. The first-order valence-corrected chi connectivity index (χ1v) is 7.79. The van der Waals surface area contributed by atoms with Crippen molar-refractivity contribution in [2.24, 2.45) is 0 Å². The van der Waals surface area contributed by atoms with Crippen molar-refractivity contribution >= 4 is 7.82 Å². The van der Waals surface area contributed by atoms with Crippen LogP contribution in [0.2, 0.25) is 0 Å². The van der Waals surface area contributed by atoms with Crippen LogP contribution in [-0.4, -0.2) is 17.6 Å². The zero-order valence-corrected chi connectivity index (χ0v) is 11.0. The van der Waals surface area contributed by atoms with E-state index >= 15 is 0 Å². The molecule has 0 bridgehead atoms. The molecule has 1 heterocycles. The molecule has 0 aliphatic carbocycles. The fraction of sp³-hybridized carbons (Fsp3) is 1.00. The van der Waals surface area contributed by atoms with E-state index < -0.39 is 7.82 Å². The average molecular weight is 250 g/mol. The van der Waals surface area contributed by atoms with E-state index in [4.69, 9.17) is 9.05 Å². The second kappa shape index (κ2) is 7.44. The predicted octanol–water partition coefficient (Wildman–Crippen LogP) is 3.64. The number of hydrogen-bond donors (Lipinski definition) is 1. The van der Waals surface area contributed by atoms with Crippen LogP contribution in [0.1, 0.15) is 58.3 Å². The third-order valence-electron chi connectivity index (χ3n) is 2.82. The fourth-order valence-corrected chi connectivity index (χ4v) is 2.98. The highest BCUT2D eigenvalue weighted by Crippen LogP contribution is 2.46. The lowest BCUT2D eigenvalue weighted by molar-refractivity contribution is 0.0936. The van der Waals surface area contributed by atoms with E-state index in [1.54, 1.807) is 0 Å². The Bertz CT molecular complexity index is 232. The van der Waals surface area contributed by atoms with Gasteiger partial charge in [-0.25, -0.2) is 4.57 Å². The van der Waals surface area contributed by atoms with Gasteiger partial charge in [0.15, 0.2) is 0 Å². The van der Waals surface area contributed by atoms with Gasteiger partial charge in [-0.2, -0.15) is 0 Å². The molecule has 96 valence electrons. The molecule has 0 aromatic heterocycles. The maximum atomic E-state index is 11.6. The minimum atomic E-state index is -3.81. The highest BCUT2D eigenvalue weighted by Gasteiger charge is 2.26. The van der Waals surface area contributed by atoms with Crippen molar-refractivity contribution in [2.45, 2.75) is 64.4 Å². The average Bonchev–Trinajstić information content (AvgIpc) is 2.23. The van der Waals surface area contributed by atoms with Gasteiger partial charge in [-0.15, -0.1) is 0 Å². The minimum absolute atomic E-state index is 0.126. The summed E-state index contributed by atoms with van der Waals surface area (Å²) in [5.41, 5.74) is 0. The SMILES string of the molecule is CCCC1CCCCCCCOP(=O)(O)O1. The second-order valence-electron chi connectivity index (χ2n) is 4.37. The Labute approximate surface area is 98.0 Å². The Morgan fingerprint density at radius 1 is 1.25 bits per heavy atom. The Kier molecular flexibility index (Phi) is 6.59. The molecule has 1 aliphatic heterocycles. The van der Waals surface area contributed by atoms with Gasteiger partial charge in [0, 0.05) is 0 Å². The second-order valence-corrected chi connectivity index (χ2v) is 5.78. The smallest absolute Gasteiger partial charge is 0.302 e. The summed E-state index contributed by atoms with van der Waals surface area (Å²) < 4.78 is 21.7. The molecule has 1 saturated heterocycles. The van der Waals surface area contributed by atoms with Gasteiger partial charge in [-0.05, 0) is 19.3 Å². The quantitative estimate of drug-likeness (QED) is 0.760. The zero-order chi connectivity index (χ0) is 11.9. The summed E-state index contributed by atoms with van der Waals surface area (Å²) in [6.45, 7) is 2.38. The van der Waals surface area contributed by atoms with Gasteiger partial charge in [0.25, 0.3) is 0 Å². The molecule has 1 N–H and O–H groups in total. The molecule has 0 spiro atoms. The molecule has 0 saturated carbocycles. The number of phosphoric ester groups is 1. The van der Waals surface area contributed by atoms with Crippen molar-refractivity contribution in [1.29, 1.82) is 0 Å². The third-order valence-corrected chi connectivity index (χ3v) is 3.89. The van der Waals surface area contributed by atoms with Gasteiger partial charge in [0.05, 0.1) is 12.7 Å². The Hall–Kier alpha value is 0.110. The molecular weight excluding hydrogens is 227 g/mol. The van der Waals surface area contributed by atoms with E-state index in [1.807, 2.05) is 0 Å². The van der Waals surface area contributed by atoms with Gasteiger partial charge in [0.2, 0.25) is 0 Å². The van der Waals surface area contributed by atoms with Crippen molar-refractivity contribution in [3.05, 3.63) is 0 Å². The molecule has 0 radical (unpaired) electrons. The Morgan fingerprint density at radius 3 is 2.69 bits per heavy atom. The summed E-state index contributed by atoms with van der Waals surface area (Å²) in [5.74, 6) is 0. The number of phosphoric acid groups is 1. The topological polar surface area (TPSA) is 55.8 Å². The molecular formula is C11H23O4P. The highest BCUT2D eigenvalue weighted by molar-refractivity contribution is 7.47. The molecule has 5 heteroatoms. The molecule has 1 fully saturated rings. The summed E-state index contributed by atoms with van der Waals surface area (Å²) in [6, 6.07) is 0. The number of hydrogen-bond acceptors (Lipinski definition) is 3. The molecule has 16 heavy (non-hydrogen) atoms. The summed E-state index contributed by atoms with van der Waals surface area (Å²) in [7, 11) is -3.81.